The van der Waals surface area contributed by atoms with Crippen molar-refractivity contribution in [1.29, 1.82) is 0 Å². The fourth-order valence-electron chi connectivity index (χ4n) is 3.49. The van der Waals surface area contributed by atoms with Gasteiger partial charge in [-0.25, -0.2) is 16.8 Å². The van der Waals surface area contributed by atoms with Crippen LogP contribution in [0.25, 0.3) is 0 Å². The van der Waals surface area contributed by atoms with Gasteiger partial charge in [0.05, 0.1) is 12.5 Å². The van der Waals surface area contributed by atoms with E-state index in [1.54, 1.807) is 41.3 Å². The summed E-state index contributed by atoms with van der Waals surface area (Å²) in [6.07, 6.45) is 3.04. The SMILES string of the molecule is CS(=O)(=O)Nc1ccc(CCN2CCN(C(=O)c3ccc(NS(C)(=O)=O)cc3)CC2)cc1. The molecular weight excluding hydrogens is 452 g/mol. The van der Waals surface area contributed by atoms with E-state index in [0.717, 1.165) is 44.1 Å². The molecule has 1 heterocycles. The molecule has 1 amide bonds. The lowest BCUT2D eigenvalue weighted by Gasteiger charge is -2.34. The summed E-state index contributed by atoms with van der Waals surface area (Å²) >= 11 is 0. The molecule has 2 N–H and O–H groups in total. The highest BCUT2D eigenvalue weighted by atomic mass is 32.2. The van der Waals surface area contributed by atoms with Crippen LogP contribution < -0.4 is 9.44 Å². The van der Waals surface area contributed by atoms with Crippen LogP contribution in [0.5, 0.6) is 0 Å². The number of carbonyl (C=O) groups is 1. The summed E-state index contributed by atoms with van der Waals surface area (Å²) in [4.78, 5) is 16.8. The third-order valence-electron chi connectivity index (χ3n) is 5.07. The van der Waals surface area contributed by atoms with E-state index < -0.39 is 20.0 Å². The van der Waals surface area contributed by atoms with E-state index in [4.69, 9.17) is 0 Å². The molecule has 2 aromatic carbocycles. The molecule has 32 heavy (non-hydrogen) atoms. The van der Waals surface area contributed by atoms with Gasteiger partial charge in [0.1, 0.15) is 0 Å². The van der Waals surface area contributed by atoms with Crippen molar-refractivity contribution in [2.45, 2.75) is 6.42 Å². The molecule has 174 valence electrons. The summed E-state index contributed by atoms with van der Waals surface area (Å²) < 4.78 is 50.0. The first kappa shape index (κ1) is 24.0. The minimum Gasteiger partial charge on any atom is -0.336 e. The minimum absolute atomic E-state index is 0.0653. The van der Waals surface area contributed by atoms with Gasteiger partial charge in [-0.1, -0.05) is 12.1 Å². The lowest BCUT2D eigenvalue weighted by molar-refractivity contribution is 0.0638. The predicted octanol–water partition coefficient (Wildman–Crippen LogP) is 1.43. The second-order valence-electron chi connectivity index (χ2n) is 7.91. The first-order valence-electron chi connectivity index (χ1n) is 10.1. The molecule has 1 saturated heterocycles. The number of nitrogens with one attached hydrogen (secondary N) is 2. The summed E-state index contributed by atoms with van der Waals surface area (Å²) in [5.74, 6) is -0.0653. The topological polar surface area (TPSA) is 116 Å². The molecule has 0 saturated carbocycles. The van der Waals surface area contributed by atoms with Crippen molar-refractivity contribution in [3.63, 3.8) is 0 Å². The molecule has 0 bridgehead atoms. The van der Waals surface area contributed by atoms with E-state index in [-0.39, 0.29) is 5.91 Å². The zero-order valence-corrected chi connectivity index (χ0v) is 19.7. The Bertz CT molecular complexity index is 1140. The number of piperazine rings is 1. The lowest BCUT2D eigenvalue weighted by Crippen LogP contribution is -2.49. The summed E-state index contributed by atoms with van der Waals surface area (Å²) in [6, 6.07) is 13.8. The highest BCUT2D eigenvalue weighted by molar-refractivity contribution is 7.92. The maximum absolute atomic E-state index is 12.7. The molecule has 9 nitrogen and oxygen atoms in total. The smallest absolute Gasteiger partial charge is 0.253 e. The van der Waals surface area contributed by atoms with E-state index in [2.05, 4.69) is 14.3 Å². The molecule has 1 fully saturated rings. The number of carbonyl (C=O) groups excluding carboxylic acids is 1. The Morgan fingerprint density at radius 2 is 1.25 bits per heavy atom. The Hall–Kier alpha value is -2.63. The second kappa shape index (κ2) is 9.88. The number of nitrogens with zero attached hydrogens (tertiary/aromatic N) is 2. The molecule has 0 aliphatic carbocycles. The number of benzene rings is 2. The first-order chi connectivity index (χ1) is 15.0. The van der Waals surface area contributed by atoms with Gasteiger partial charge < -0.3 is 4.90 Å². The Morgan fingerprint density at radius 3 is 1.72 bits per heavy atom. The van der Waals surface area contributed by atoms with E-state index in [1.807, 2.05) is 12.1 Å². The fourth-order valence-corrected chi connectivity index (χ4v) is 4.62. The van der Waals surface area contributed by atoms with Crippen LogP contribution in [-0.2, 0) is 26.5 Å². The number of rotatable bonds is 8. The number of anilines is 2. The maximum Gasteiger partial charge on any atom is 0.253 e. The Labute approximate surface area is 189 Å². The van der Waals surface area contributed by atoms with Gasteiger partial charge in [0.15, 0.2) is 0 Å². The molecule has 0 spiro atoms. The van der Waals surface area contributed by atoms with Crippen molar-refractivity contribution >= 4 is 37.3 Å². The standard InChI is InChI=1S/C21H28N4O5S2/c1-31(27,28)22-19-7-3-17(4-8-19)11-12-24-13-15-25(16-14-24)21(26)18-5-9-20(10-6-18)23-32(2,29)30/h3-10,22-23H,11-16H2,1-2H3. The predicted molar refractivity (Wildman–Crippen MR) is 126 cm³/mol. The van der Waals surface area contributed by atoms with Crippen LogP contribution in [0.3, 0.4) is 0 Å². The zero-order valence-electron chi connectivity index (χ0n) is 18.1. The van der Waals surface area contributed by atoms with Crippen molar-refractivity contribution in [3.05, 3.63) is 59.7 Å². The van der Waals surface area contributed by atoms with Crippen molar-refractivity contribution in [3.8, 4) is 0 Å². The van der Waals surface area contributed by atoms with Crippen molar-refractivity contribution in [1.82, 2.24) is 9.80 Å². The molecule has 1 aliphatic heterocycles. The number of amides is 1. The zero-order chi connectivity index (χ0) is 23.4. The molecule has 0 aromatic heterocycles. The highest BCUT2D eigenvalue weighted by Gasteiger charge is 2.22. The molecule has 0 unspecified atom stereocenters. The van der Waals surface area contributed by atoms with E-state index in [0.29, 0.717) is 30.0 Å². The average molecular weight is 481 g/mol. The Balaban J connectivity index is 1.46. The van der Waals surface area contributed by atoms with Crippen molar-refractivity contribution in [2.24, 2.45) is 0 Å². The van der Waals surface area contributed by atoms with Gasteiger partial charge in [-0.05, 0) is 48.4 Å². The Kier molecular flexibility index (Phi) is 7.42. The summed E-state index contributed by atoms with van der Waals surface area (Å²) in [7, 11) is -6.63. The maximum atomic E-state index is 12.7. The van der Waals surface area contributed by atoms with Gasteiger partial charge in [0.25, 0.3) is 5.91 Å². The summed E-state index contributed by atoms with van der Waals surface area (Å²) in [6.45, 7) is 3.64. The quantitative estimate of drug-likeness (QED) is 0.591. The minimum atomic E-state index is -3.35. The summed E-state index contributed by atoms with van der Waals surface area (Å²) in [5.41, 5.74) is 2.61. The van der Waals surface area contributed by atoms with Crippen LogP contribution in [0.1, 0.15) is 15.9 Å². The summed E-state index contributed by atoms with van der Waals surface area (Å²) in [5, 5.41) is 0. The molecule has 11 heteroatoms. The van der Waals surface area contributed by atoms with Gasteiger partial charge in [0, 0.05) is 49.7 Å². The molecule has 0 atom stereocenters. The number of hydrogen-bond acceptors (Lipinski definition) is 6. The molecular formula is C21H28N4O5S2. The van der Waals surface area contributed by atoms with Gasteiger partial charge in [0.2, 0.25) is 20.0 Å². The highest BCUT2D eigenvalue weighted by Crippen LogP contribution is 2.15. The lowest BCUT2D eigenvalue weighted by atomic mass is 10.1. The van der Waals surface area contributed by atoms with Crippen LogP contribution in [0.15, 0.2) is 48.5 Å². The van der Waals surface area contributed by atoms with Crippen LogP contribution in [0.2, 0.25) is 0 Å². The van der Waals surface area contributed by atoms with E-state index in [9.17, 15) is 21.6 Å². The van der Waals surface area contributed by atoms with Gasteiger partial charge in [-0.15, -0.1) is 0 Å². The van der Waals surface area contributed by atoms with Gasteiger partial charge in [-0.2, -0.15) is 0 Å². The Morgan fingerprint density at radius 1 is 0.781 bits per heavy atom. The van der Waals surface area contributed by atoms with Crippen LogP contribution in [-0.4, -0.2) is 77.8 Å². The average Bonchev–Trinajstić information content (AvgIpc) is 2.71. The van der Waals surface area contributed by atoms with Crippen LogP contribution >= 0.6 is 0 Å². The largest absolute Gasteiger partial charge is 0.336 e. The van der Waals surface area contributed by atoms with Crippen LogP contribution in [0, 0.1) is 0 Å². The van der Waals surface area contributed by atoms with Gasteiger partial charge >= 0.3 is 0 Å². The third kappa shape index (κ3) is 7.50. The fraction of sp³-hybridized carbons (Fsp3) is 0.381. The van der Waals surface area contributed by atoms with E-state index in [1.165, 1.54) is 0 Å². The molecule has 0 radical (unpaired) electrons. The third-order valence-corrected chi connectivity index (χ3v) is 6.28. The monoisotopic (exact) mass is 480 g/mol. The van der Waals surface area contributed by atoms with Crippen LogP contribution in [0.4, 0.5) is 11.4 Å². The second-order valence-corrected chi connectivity index (χ2v) is 11.4. The normalized spacial score (nSPS) is 15.4. The van der Waals surface area contributed by atoms with Crippen molar-refractivity contribution < 1.29 is 21.6 Å². The number of sulfonamides is 2. The van der Waals surface area contributed by atoms with E-state index >= 15 is 0 Å². The van der Waals surface area contributed by atoms with Gasteiger partial charge in [-0.3, -0.25) is 19.1 Å². The first-order valence-corrected chi connectivity index (χ1v) is 13.9. The number of hydrogen-bond donors (Lipinski definition) is 2. The molecule has 2 aromatic rings. The van der Waals surface area contributed by atoms with Crippen molar-refractivity contribution in [2.75, 3.05) is 54.7 Å². The molecule has 3 rings (SSSR count). The molecule has 1 aliphatic rings.